The van der Waals surface area contributed by atoms with E-state index in [4.69, 9.17) is 11.6 Å². The second-order valence-corrected chi connectivity index (χ2v) is 5.99. The van der Waals surface area contributed by atoms with Gasteiger partial charge in [-0.15, -0.1) is 0 Å². The molecule has 0 unspecified atom stereocenters. The highest BCUT2D eigenvalue weighted by Gasteiger charge is 2.05. The summed E-state index contributed by atoms with van der Waals surface area (Å²) in [6.07, 6.45) is 3.84. The summed E-state index contributed by atoms with van der Waals surface area (Å²) in [7, 11) is 0. The lowest BCUT2D eigenvalue weighted by molar-refractivity contribution is 0.0955. The smallest absolute Gasteiger partial charge is 0.267 e. The zero-order chi connectivity index (χ0) is 18.2. The fourth-order valence-electron chi connectivity index (χ4n) is 2.32. The van der Waals surface area contributed by atoms with Crippen LogP contribution in [0, 0.1) is 0 Å². The van der Waals surface area contributed by atoms with E-state index < -0.39 is 0 Å². The Hall–Kier alpha value is -3.17. The van der Waals surface area contributed by atoms with Gasteiger partial charge in [0, 0.05) is 16.1 Å². The molecular formula is C22H17ClN2O. The molecular weight excluding hydrogens is 344 g/mol. The summed E-state index contributed by atoms with van der Waals surface area (Å²) < 4.78 is 0. The molecule has 3 aromatic rings. The van der Waals surface area contributed by atoms with Gasteiger partial charge in [-0.25, -0.2) is 5.43 Å². The molecule has 0 saturated heterocycles. The number of allylic oxidation sites excluding steroid dienone is 1. The van der Waals surface area contributed by atoms with Gasteiger partial charge < -0.3 is 0 Å². The Labute approximate surface area is 157 Å². The van der Waals surface area contributed by atoms with Gasteiger partial charge in [-0.1, -0.05) is 78.3 Å². The van der Waals surface area contributed by atoms with E-state index in [1.165, 1.54) is 0 Å². The summed E-state index contributed by atoms with van der Waals surface area (Å²) >= 11 is 5.85. The van der Waals surface area contributed by atoms with Crippen molar-refractivity contribution in [3.63, 3.8) is 0 Å². The van der Waals surface area contributed by atoms with Crippen molar-refractivity contribution in [2.45, 2.75) is 0 Å². The van der Waals surface area contributed by atoms with Gasteiger partial charge in [-0.05, 0) is 35.9 Å². The molecule has 3 aromatic carbocycles. The molecule has 0 atom stereocenters. The number of nitrogens with one attached hydrogen (secondary N) is 1. The van der Waals surface area contributed by atoms with Gasteiger partial charge in [-0.2, -0.15) is 5.10 Å². The number of carbonyl (C=O) groups is 1. The quantitative estimate of drug-likeness (QED) is 0.494. The van der Waals surface area contributed by atoms with Crippen LogP contribution in [0.25, 0.3) is 6.08 Å². The molecule has 4 heteroatoms. The number of hydrogen-bond donors (Lipinski definition) is 1. The molecule has 0 aromatic heterocycles. The van der Waals surface area contributed by atoms with Gasteiger partial charge in [0.25, 0.3) is 5.91 Å². The SMILES string of the molecule is O=C(NN=C(C=Cc1ccccc1)c1ccccc1)c1ccc(Cl)cc1. The third-order valence-corrected chi connectivity index (χ3v) is 3.94. The molecule has 3 rings (SSSR count). The maximum Gasteiger partial charge on any atom is 0.271 e. The number of benzene rings is 3. The first-order valence-corrected chi connectivity index (χ1v) is 8.52. The van der Waals surface area contributed by atoms with Crippen LogP contribution in [0.15, 0.2) is 96.1 Å². The van der Waals surface area contributed by atoms with Crippen LogP contribution < -0.4 is 5.43 Å². The molecule has 0 bridgehead atoms. The number of nitrogens with zero attached hydrogens (tertiary/aromatic N) is 1. The topological polar surface area (TPSA) is 41.5 Å². The van der Waals surface area contributed by atoms with Crippen LogP contribution in [0.3, 0.4) is 0 Å². The van der Waals surface area contributed by atoms with Gasteiger partial charge in [0.05, 0.1) is 5.71 Å². The van der Waals surface area contributed by atoms with Crippen molar-refractivity contribution < 1.29 is 4.79 Å². The minimum Gasteiger partial charge on any atom is -0.267 e. The Bertz CT molecular complexity index is 917. The first-order valence-electron chi connectivity index (χ1n) is 8.14. The highest BCUT2D eigenvalue weighted by Crippen LogP contribution is 2.10. The number of amides is 1. The van der Waals surface area contributed by atoms with Gasteiger partial charge in [0.2, 0.25) is 0 Å². The lowest BCUT2D eigenvalue weighted by Crippen LogP contribution is -2.19. The summed E-state index contributed by atoms with van der Waals surface area (Å²) in [5.41, 5.74) is 5.74. The monoisotopic (exact) mass is 360 g/mol. The van der Waals surface area contributed by atoms with Crippen molar-refractivity contribution in [1.82, 2.24) is 5.43 Å². The molecule has 0 aliphatic rings. The molecule has 0 saturated carbocycles. The van der Waals surface area contributed by atoms with Crippen LogP contribution in [-0.2, 0) is 0 Å². The van der Waals surface area contributed by atoms with E-state index in [1.54, 1.807) is 24.3 Å². The third-order valence-electron chi connectivity index (χ3n) is 3.69. The van der Waals surface area contributed by atoms with E-state index in [0.717, 1.165) is 11.1 Å². The van der Waals surface area contributed by atoms with Crippen LogP contribution in [0.5, 0.6) is 0 Å². The average molecular weight is 361 g/mol. The Kier molecular flexibility index (Phi) is 5.96. The molecule has 1 amide bonds. The number of hydrogen-bond acceptors (Lipinski definition) is 2. The fourth-order valence-corrected chi connectivity index (χ4v) is 2.45. The van der Waals surface area contributed by atoms with Crippen molar-refractivity contribution in [3.05, 3.63) is 113 Å². The maximum atomic E-state index is 12.3. The second kappa shape index (κ2) is 8.79. The molecule has 26 heavy (non-hydrogen) atoms. The highest BCUT2D eigenvalue weighted by atomic mass is 35.5. The lowest BCUT2D eigenvalue weighted by Gasteiger charge is -2.04. The molecule has 0 aliphatic carbocycles. The summed E-state index contributed by atoms with van der Waals surface area (Å²) in [4.78, 5) is 12.3. The van der Waals surface area contributed by atoms with Crippen molar-refractivity contribution >= 4 is 29.3 Å². The standard InChI is InChI=1S/C22H17ClN2O/c23-20-14-12-19(13-15-20)22(26)25-24-21(18-9-5-2-6-10-18)16-11-17-7-3-1-4-8-17/h1-16H,(H,25,26). The first-order chi connectivity index (χ1) is 12.7. The average Bonchev–Trinajstić information content (AvgIpc) is 2.70. The van der Waals surface area contributed by atoms with Gasteiger partial charge in [-0.3, -0.25) is 4.79 Å². The van der Waals surface area contributed by atoms with Gasteiger partial charge >= 0.3 is 0 Å². The maximum absolute atomic E-state index is 12.3. The summed E-state index contributed by atoms with van der Waals surface area (Å²) in [5.74, 6) is -0.289. The van der Waals surface area contributed by atoms with Crippen molar-refractivity contribution in [1.29, 1.82) is 0 Å². The van der Waals surface area contributed by atoms with E-state index >= 15 is 0 Å². The molecule has 0 fully saturated rings. The molecule has 128 valence electrons. The Balaban J connectivity index is 1.83. The Morgan fingerprint density at radius 1 is 0.808 bits per heavy atom. The Morgan fingerprint density at radius 2 is 1.42 bits per heavy atom. The summed E-state index contributed by atoms with van der Waals surface area (Å²) in [5, 5.41) is 4.89. The van der Waals surface area contributed by atoms with Crippen LogP contribution in [0.2, 0.25) is 5.02 Å². The minimum atomic E-state index is -0.289. The Morgan fingerprint density at radius 3 is 2.08 bits per heavy atom. The van der Waals surface area contributed by atoms with E-state index in [1.807, 2.05) is 72.8 Å². The molecule has 0 aliphatic heterocycles. The number of rotatable bonds is 5. The largest absolute Gasteiger partial charge is 0.271 e. The predicted molar refractivity (Wildman–Crippen MR) is 107 cm³/mol. The second-order valence-electron chi connectivity index (χ2n) is 5.55. The van der Waals surface area contributed by atoms with Crippen molar-refractivity contribution in [3.8, 4) is 0 Å². The van der Waals surface area contributed by atoms with Crippen molar-refractivity contribution in [2.24, 2.45) is 5.10 Å². The van der Waals surface area contributed by atoms with E-state index in [-0.39, 0.29) is 5.91 Å². The lowest BCUT2D eigenvalue weighted by atomic mass is 10.1. The number of hydrazone groups is 1. The van der Waals surface area contributed by atoms with E-state index in [2.05, 4.69) is 10.5 Å². The van der Waals surface area contributed by atoms with Crippen LogP contribution in [0.4, 0.5) is 0 Å². The predicted octanol–water partition coefficient (Wildman–Crippen LogP) is 5.19. The van der Waals surface area contributed by atoms with Gasteiger partial charge in [0.1, 0.15) is 0 Å². The molecule has 0 spiro atoms. The fraction of sp³-hybridized carbons (Fsp3) is 0. The summed E-state index contributed by atoms with van der Waals surface area (Å²) in [6.45, 7) is 0. The van der Waals surface area contributed by atoms with E-state index in [9.17, 15) is 4.79 Å². The van der Waals surface area contributed by atoms with E-state index in [0.29, 0.717) is 16.3 Å². The number of halogens is 1. The van der Waals surface area contributed by atoms with Crippen LogP contribution in [0.1, 0.15) is 21.5 Å². The van der Waals surface area contributed by atoms with Crippen LogP contribution >= 0.6 is 11.6 Å². The zero-order valence-electron chi connectivity index (χ0n) is 14.0. The van der Waals surface area contributed by atoms with Crippen molar-refractivity contribution in [2.75, 3.05) is 0 Å². The zero-order valence-corrected chi connectivity index (χ0v) is 14.7. The molecule has 0 heterocycles. The number of carbonyl (C=O) groups excluding carboxylic acids is 1. The highest BCUT2D eigenvalue weighted by molar-refractivity contribution is 6.30. The minimum absolute atomic E-state index is 0.289. The molecule has 1 N–H and O–H groups in total. The normalized spacial score (nSPS) is 11.5. The van der Waals surface area contributed by atoms with Gasteiger partial charge in [0.15, 0.2) is 0 Å². The summed E-state index contributed by atoms with van der Waals surface area (Å²) in [6, 6.07) is 26.3. The first kappa shape index (κ1) is 17.6. The van der Waals surface area contributed by atoms with Crippen LogP contribution in [-0.4, -0.2) is 11.6 Å². The third kappa shape index (κ3) is 4.91. The molecule has 0 radical (unpaired) electrons. The molecule has 3 nitrogen and oxygen atoms in total.